The SMILES string of the molecule is CC1C=C(S(=O)(=O)N2CCCC23CCN(C(=O)OC(C)(C)CCC(C)(C)OC(=O)N2CCCC(C4CN(S(=O)(=O)c5ccc(CNC(=O)c6ccc7nccn7c6)cc5)c5ccccc54)C2)CC3)C=CC1CNC(=O)c1ccc2nccn2c1. The lowest BCUT2D eigenvalue weighted by molar-refractivity contribution is -0.0330. The molecular weight excluding hydrogens is 1110 g/mol. The number of sulfonamides is 2. The highest BCUT2D eigenvalue weighted by molar-refractivity contribution is 7.93. The number of benzene rings is 2. The fourth-order valence-corrected chi connectivity index (χ4v) is 16.3. The third-order valence-corrected chi connectivity index (χ3v) is 21.6. The number of aromatic nitrogens is 4. The lowest BCUT2D eigenvalue weighted by Crippen LogP contribution is -2.55. The Morgan fingerprint density at radius 1 is 0.690 bits per heavy atom. The molecule has 3 saturated heterocycles. The van der Waals surface area contributed by atoms with Crippen LogP contribution in [0.1, 0.15) is 124 Å². The Kier molecular flexibility index (Phi) is 16.0. The first-order valence-electron chi connectivity index (χ1n) is 29.1. The summed E-state index contributed by atoms with van der Waals surface area (Å²) in [6, 6.07) is 21.1. The molecule has 1 aliphatic carbocycles. The molecule has 4 aliphatic heterocycles. The number of rotatable bonds is 16. The van der Waals surface area contributed by atoms with E-state index in [1.54, 1.807) is 121 Å². The molecule has 4 atom stereocenters. The van der Waals surface area contributed by atoms with Gasteiger partial charge in [0.15, 0.2) is 0 Å². The van der Waals surface area contributed by atoms with Crippen LogP contribution in [0.3, 0.4) is 0 Å². The van der Waals surface area contributed by atoms with E-state index in [2.05, 4.69) is 20.6 Å². The van der Waals surface area contributed by atoms with Crippen LogP contribution >= 0.6 is 0 Å². The summed E-state index contributed by atoms with van der Waals surface area (Å²) < 4.78 is 76.6. The van der Waals surface area contributed by atoms with E-state index in [-0.39, 0.29) is 58.4 Å². The summed E-state index contributed by atoms with van der Waals surface area (Å²) in [5, 5.41) is 5.91. The molecule has 3 fully saturated rings. The van der Waals surface area contributed by atoms with Gasteiger partial charge in [-0.3, -0.25) is 13.9 Å². The number of carbonyl (C=O) groups is 4. The molecular formula is C62H74N10O10S2. The standard InChI is InChI=1S/C62H74N10O10S2/c1-43-36-50(20-15-45(43)38-66-57(74)48-17-22-55-64-29-35-69(55)41-48)84(79,80)72-31-9-23-62(72)26-32-67(33-27-62)58(75)81-60(2,3)24-25-61(4,5)82-59(76)70-30-8-10-46(39-70)52-42-71(53-12-7-6-11-51(52)53)83(77,78)49-18-13-44(14-19-49)37-65-56(73)47-16-21-54-63-28-34-68(54)40-47/h6-7,11-22,28-29,34-36,40-41,43,45-46,52H,8-10,23-27,30-33,37-39,42H2,1-5H3,(H,65,73)(H,66,74). The van der Waals surface area contributed by atoms with Crippen LogP contribution in [0.15, 0.2) is 138 Å². The number of hydrogen-bond donors (Lipinski definition) is 2. The zero-order chi connectivity index (χ0) is 59.2. The Bertz CT molecular complexity index is 3770. The number of hydrogen-bond acceptors (Lipinski definition) is 12. The highest BCUT2D eigenvalue weighted by Gasteiger charge is 2.51. The van der Waals surface area contributed by atoms with Crippen molar-refractivity contribution in [2.75, 3.05) is 50.1 Å². The second kappa shape index (κ2) is 23.1. The summed E-state index contributed by atoms with van der Waals surface area (Å²) in [6.45, 7) is 12.1. The second-order valence-corrected chi connectivity index (χ2v) is 28.1. The molecule has 6 aromatic rings. The van der Waals surface area contributed by atoms with Gasteiger partial charge in [-0.05, 0) is 151 Å². The molecule has 4 aromatic heterocycles. The van der Waals surface area contributed by atoms with Gasteiger partial charge in [-0.25, -0.2) is 36.4 Å². The summed E-state index contributed by atoms with van der Waals surface area (Å²) in [5.41, 5.74) is 2.28. The average Bonchev–Trinajstić information content (AvgIpc) is 2.84. The maximum atomic E-state index is 14.4. The third kappa shape index (κ3) is 12.1. The Morgan fingerprint density at radius 2 is 1.31 bits per heavy atom. The number of para-hydroxylation sites is 1. The molecule has 4 amide bonds. The van der Waals surface area contributed by atoms with Crippen molar-refractivity contribution >= 4 is 61.0 Å². The van der Waals surface area contributed by atoms with E-state index in [4.69, 9.17) is 9.47 Å². The van der Waals surface area contributed by atoms with Gasteiger partial charge in [-0.15, -0.1) is 0 Å². The number of anilines is 1. The first-order chi connectivity index (χ1) is 40.1. The molecule has 0 radical (unpaired) electrons. The summed E-state index contributed by atoms with van der Waals surface area (Å²) >= 11 is 0. The van der Waals surface area contributed by atoms with E-state index in [0.717, 1.165) is 41.7 Å². The van der Waals surface area contributed by atoms with Crippen molar-refractivity contribution in [2.45, 2.75) is 120 Å². The summed E-state index contributed by atoms with van der Waals surface area (Å²) in [5.74, 6) is -0.919. The van der Waals surface area contributed by atoms with E-state index in [0.29, 0.717) is 88.2 Å². The fourth-order valence-electron chi connectivity index (χ4n) is 12.7. The molecule has 444 valence electrons. The monoisotopic (exact) mass is 1180 g/mol. The predicted octanol–water partition coefficient (Wildman–Crippen LogP) is 8.92. The van der Waals surface area contributed by atoms with Crippen LogP contribution in [0, 0.1) is 17.8 Å². The van der Waals surface area contributed by atoms with Crippen LogP contribution in [0.2, 0.25) is 0 Å². The number of allylic oxidation sites excluding steroid dienone is 2. The lowest BCUT2D eigenvalue weighted by Gasteiger charge is -2.44. The van der Waals surface area contributed by atoms with Gasteiger partial charge in [0.2, 0.25) is 10.0 Å². The first kappa shape index (κ1) is 58.2. The summed E-state index contributed by atoms with van der Waals surface area (Å²) in [4.78, 5) is 65.9. The molecule has 0 saturated carbocycles. The van der Waals surface area contributed by atoms with Gasteiger partial charge in [0.1, 0.15) is 22.5 Å². The molecule has 22 heteroatoms. The number of carbonyl (C=O) groups excluding carboxylic acids is 4. The van der Waals surface area contributed by atoms with E-state index in [9.17, 15) is 36.0 Å². The van der Waals surface area contributed by atoms with Crippen molar-refractivity contribution in [2.24, 2.45) is 17.8 Å². The van der Waals surface area contributed by atoms with Crippen LogP contribution in [-0.4, -0.2) is 136 Å². The van der Waals surface area contributed by atoms with Gasteiger partial charge >= 0.3 is 12.2 Å². The van der Waals surface area contributed by atoms with Crippen molar-refractivity contribution in [3.05, 3.63) is 155 Å². The molecule has 11 rings (SSSR count). The number of piperidine rings is 2. The van der Waals surface area contributed by atoms with E-state index in [1.807, 2.05) is 65.0 Å². The van der Waals surface area contributed by atoms with Crippen LogP contribution < -0.4 is 14.9 Å². The summed E-state index contributed by atoms with van der Waals surface area (Å²) in [7, 11) is -7.84. The molecule has 2 N–H and O–H groups in total. The highest BCUT2D eigenvalue weighted by atomic mass is 32.2. The number of likely N-dealkylation sites (tertiary alicyclic amines) is 2. The zero-order valence-electron chi connectivity index (χ0n) is 48.2. The zero-order valence-corrected chi connectivity index (χ0v) is 49.9. The molecule has 0 bridgehead atoms. The quantitative estimate of drug-likeness (QED) is 0.0926. The number of nitrogens with one attached hydrogen (secondary N) is 2. The number of ether oxygens (including phenoxy) is 2. The molecule has 2 aromatic carbocycles. The van der Waals surface area contributed by atoms with Crippen LogP contribution in [0.25, 0.3) is 11.3 Å². The largest absolute Gasteiger partial charge is 0.443 e. The Balaban J connectivity index is 0.636. The normalized spacial score (nSPS) is 21.2. The average molecular weight is 1180 g/mol. The van der Waals surface area contributed by atoms with Crippen molar-refractivity contribution < 1.29 is 45.5 Å². The maximum Gasteiger partial charge on any atom is 0.410 e. The second-order valence-electron chi connectivity index (χ2n) is 24.4. The van der Waals surface area contributed by atoms with Crippen molar-refractivity contribution in [1.82, 2.24) is 43.5 Å². The molecule has 8 heterocycles. The van der Waals surface area contributed by atoms with Crippen LogP contribution in [-0.2, 0) is 36.1 Å². The van der Waals surface area contributed by atoms with E-state index >= 15 is 0 Å². The van der Waals surface area contributed by atoms with Crippen LogP contribution in [0.4, 0.5) is 15.3 Å². The van der Waals surface area contributed by atoms with Gasteiger partial charge in [-0.1, -0.05) is 49.4 Å². The van der Waals surface area contributed by atoms with E-state index in [1.165, 1.54) is 4.31 Å². The van der Waals surface area contributed by atoms with Gasteiger partial charge in [-0.2, -0.15) is 4.31 Å². The van der Waals surface area contributed by atoms with Gasteiger partial charge in [0.05, 0.1) is 26.6 Å². The van der Waals surface area contributed by atoms with Gasteiger partial charge < -0.3 is 38.7 Å². The van der Waals surface area contributed by atoms with Crippen LogP contribution in [0.5, 0.6) is 0 Å². The summed E-state index contributed by atoms with van der Waals surface area (Å²) in [6.07, 6.45) is 19.4. The van der Waals surface area contributed by atoms with Crippen molar-refractivity contribution in [3.63, 3.8) is 0 Å². The topological polar surface area (TPSA) is 227 Å². The Morgan fingerprint density at radius 3 is 1.95 bits per heavy atom. The van der Waals surface area contributed by atoms with Crippen molar-refractivity contribution in [1.29, 1.82) is 0 Å². The third-order valence-electron chi connectivity index (χ3n) is 17.8. The molecule has 4 unspecified atom stereocenters. The first-order valence-corrected chi connectivity index (χ1v) is 32.0. The number of nitrogens with zero attached hydrogens (tertiary/aromatic N) is 8. The fraction of sp³-hybridized carbons (Fsp3) is 0.452. The Labute approximate surface area is 491 Å². The van der Waals surface area contributed by atoms with Gasteiger partial charge in [0.25, 0.3) is 21.8 Å². The number of imidazole rings is 2. The molecule has 20 nitrogen and oxygen atoms in total. The highest BCUT2D eigenvalue weighted by Crippen LogP contribution is 2.46. The molecule has 84 heavy (non-hydrogen) atoms. The minimum Gasteiger partial charge on any atom is -0.443 e. The van der Waals surface area contributed by atoms with E-state index < -0.39 is 49.0 Å². The number of fused-ring (bicyclic) bond motifs is 3. The minimum atomic E-state index is -3.98. The Hall–Kier alpha value is -7.56. The minimum absolute atomic E-state index is 0.0335. The smallest absolute Gasteiger partial charge is 0.410 e. The number of pyridine rings is 2. The molecule has 5 aliphatic rings. The lowest BCUT2D eigenvalue weighted by atomic mass is 9.82. The number of amides is 4. The molecule has 1 spiro atoms. The van der Waals surface area contributed by atoms with Gasteiger partial charge in [0, 0.05) is 107 Å². The maximum absolute atomic E-state index is 14.4. The van der Waals surface area contributed by atoms with Crippen molar-refractivity contribution in [3.8, 4) is 0 Å². The predicted molar refractivity (Wildman–Crippen MR) is 317 cm³/mol.